The number of nitro groups is 1. The number of nitro benzene ring substituents is 1. The number of benzene rings is 3. The van der Waals surface area contributed by atoms with Crippen LogP contribution >= 0.6 is 23.2 Å². The second-order valence-electron chi connectivity index (χ2n) is 9.66. The molecule has 1 aromatic heterocycles. The molecule has 0 N–H and O–H groups in total. The summed E-state index contributed by atoms with van der Waals surface area (Å²) in [5, 5.41) is 11.8. The van der Waals surface area contributed by atoms with Gasteiger partial charge < -0.3 is 9.80 Å². The third kappa shape index (κ3) is 6.08. The second-order valence-corrected chi connectivity index (χ2v) is 10.5. The Labute approximate surface area is 242 Å². The number of carbonyl (C=O) groups excluding carboxylic acids is 1. The second kappa shape index (κ2) is 12.0. The van der Waals surface area contributed by atoms with E-state index < -0.39 is 4.92 Å². The molecule has 1 saturated heterocycles. The molecule has 0 atom stereocenters. The maximum atomic E-state index is 13.3. The van der Waals surface area contributed by atoms with Crippen LogP contribution in [-0.4, -0.2) is 51.9 Å². The van der Waals surface area contributed by atoms with Gasteiger partial charge in [0.1, 0.15) is 5.82 Å². The Morgan fingerprint density at radius 3 is 2.40 bits per heavy atom. The highest BCUT2D eigenvalue weighted by Gasteiger charge is 2.26. The van der Waals surface area contributed by atoms with Gasteiger partial charge in [-0.3, -0.25) is 14.9 Å². The number of anilines is 1. The van der Waals surface area contributed by atoms with Crippen LogP contribution in [-0.2, 0) is 6.42 Å². The van der Waals surface area contributed by atoms with Crippen molar-refractivity contribution in [3.63, 3.8) is 0 Å². The third-order valence-electron chi connectivity index (χ3n) is 6.99. The molecule has 0 aliphatic carbocycles. The van der Waals surface area contributed by atoms with Gasteiger partial charge in [-0.2, -0.15) is 0 Å². The lowest BCUT2D eigenvalue weighted by atomic mass is 10.0. The number of halogens is 2. The van der Waals surface area contributed by atoms with E-state index in [1.165, 1.54) is 18.2 Å². The van der Waals surface area contributed by atoms with Gasteiger partial charge in [0.15, 0.2) is 5.82 Å². The Balaban J connectivity index is 1.44. The topological polar surface area (TPSA) is 92.5 Å². The number of aryl methyl sites for hydroxylation is 1. The fourth-order valence-corrected chi connectivity index (χ4v) is 5.25. The van der Waals surface area contributed by atoms with Crippen LogP contribution in [0.1, 0.15) is 33.6 Å². The molecule has 1 aliphatic heterocycles. The maximum Gasteiger partial charge on any atom is 0.270 e. The summed E-state index contributed by atoms with van der Waals surface area (Å²) in [6, 6.07) is 21.6. The van der Waals surface area contributed by atoms with Crippen molar-refractivity contribution in [3.8, 4) is 11.4 Å². The maximum absolute atomic E-state index is 13.3. The highest BCUT2D eigenvalue weighted by Crippen LogP contribution is 2.29. The number of rotatable bonds is 6. The third-order valence-corrected chi connectivity index (χ3v) is 7.56. The van der Waals surface area contributed by atoms with Gasteiger partial charge in [0, 0.05) is 66.6 Å². The molecule has 2 heterocycles. The minimum Gasteiger partial charge on any atom is -0.354 e. The molecule has 0 saturated carbocycles. The van der Waals surface area contributed by atoms with E-state index in [-0.39, 0.29) is 22.2 Å². The van der Waals surface area contributed by atoms with Crippen molar-refractivity contribution in [1.29, 1.82) is 0 Å². The minimum absolute atomic E-state index is 0.0736. The highest BCUT2D eigenvalue weighted by atomic mass is 35.5. The van der Waals surface area contributed by atoms with E-state index >= 15 is 0 Å². The van der Waals surface area contributed by atoms with Crippen molar-refractivity contribution in [2.75, 3.05) is 31.1 Å². The molecular formula is C30H27Cl2N5O3. The van der Waals surface area contributed by atoms with Crippen LogP contribution in [0.4, 0.5) is 11.5 Å². The van der Waals surface area contributed by atoms with Crippen molar-refractivity contribution in [1.82, 2.24) is 14.9 Å². The molecule has 3 aromatic carbocycles. The van der Waals surface area contributed by atoms with E-state index in [2.05, 4.69) is 4.90 Å². The van der Waals surface area contributed by atoms with Crippen molar-refractivity contribution in [2.45, 2.75) is 19.8 Å². The fraction of sp³-hybridized carbons (Fsp3) is 0.233. The zero-order chi connectivity index (χ0) is 28.2. The molecule has 0 bridgehead atoms. The summed E-state index contributed by atoms with van der Waals surface area (Å²) < 4.78 is 0. The molecule has 40 heavy (non-hydrogen) atoms. The van der Waals surface area contributed by atoms with E-state index in [9.17, 15) is 14.9 Å². The van der Waals surface area contributed by atoms with Gasteiger partial charge >= 0.3 is 0 Å². The van der Waals surface area contributed by atoms with Crippen molar-refractivity contribution in [3.05, 3.63) is 115 Å². The van der Waals surface area contributed by atoms with Crippen molar-refractivity contribution >= 4 is 40.6 Å². The lowest BCUT2D eigenvalue weighted by Gasteiger charge is -2.26. The molecule has 204 valence electrons. The van der Waals surface area contributed by atoms with Crippen LogP contribution in [0.2, 0.25) is 10.0 Å². The molecule has 1 fully saturated rings. The van der Waals surface area contributed by atoms with E-state index in [4.69, 9.17) is 33.2 Å². The van der Waals surface area contributed by atoms with Gasteiger partial charge in [-0.05, 0) is 37.1 Å². The zero-order valence-electron chi connectivity index (χ0n) is 21.9. The van der Waals surface area contributed by atoms with Crippen LogP contribution < -0.4 is 4.90 Å². The Kier molecular flexibility index (Phi) is 8.28. The fourth-order valence-electron chi connectivity index (χ4n) is 4.87. The van der Waals surface area contributed by atoms with Gasteiger partial charge in [0.05, 0.1) is 15.5 Å². The lowest BCUT2D eigenvalue weighted by Crippen LogP contribution is -2.36. The molecule has 1 aliphatic rings. The number of hydrogen-bond acceptors (Lipinski definition) is 6. The average Bonchev–Trinajstić information content (AvgIpc) is 3.21. The first-order valence-corrected chi connectivity index (χ1v) is 13.7. The Morgan fingerprint density at radius 2 is 1.70 bits per heavy atom. The number of hydrogen-bond donors (Lipinski definition) is 0. The number of aromatic nitrogens is 2. The summed E-state index contributed by atoms with van der Waals surface area (Å²) in [6.07, 6.45) is 1.37. The predicted molar refractivity (Wildman–Crippen MR) is 157 cm³/mol. The summed E-state index contributed by atoms with van der Waals surface area (Å²) in [5.74, 6) is 1.26. The molecule has 0 spiro atoms. The van der Waals surface area contributed by atoms with Crippen LogP contribution in [0.15, 0.2) is 72.8 Å². The summed E-state index contributed by atoms with van der Waals surface area (Å²) in [7, 11) is 0. The van der Waals surface area contributed by atoms with Crippen LogP contribution in [0, 0.1) is 17.0 Å². The zero-order valence-corrected chi connectivity index (χ0v) is 23.4. The predicted octanol–water partition coefficient (Wildman–Crippen LogP) is 6.61. The number of nitrogens with zero attached hydrogens (tertiary/aromatic N) is 5. The number of amides is 1. The van der Waals surface area contributed by atoms with E-state index in [0.29, 0.717) is 43.4 Å². The number of non-ortho nitro benzene ring substituents is 1. The quantitative estimate of drug-likeness (QED) is 0.190. The Hall–Kier alpha value is -4.01. The Morgan fingerprint density at radius 1 is 0.950 bits per heavy atom. The SMILES string of the molecule is Cc1nc(-c2ccccc2)nc(N2CCCN(C(=O)c3ccc([N+](=O)[O-])cc3Cl)CC2)c1Cc1ccc(Cl)cc1. The molecule has 5 rings (SSSR count). The summed E-state index contributed by atoms with van der Waals surface area (Å²) in [6.45, 7) is 4.26. The van der Waals surface area contributed by atoms with Gasteiger partial charge in [-0.1, -0.05) is 65.7 Å². The van der Waals surface area contributed by atoms with E-state index in [1.54, 1.807) is 4.90 Å². The first-order chi connectivity index (χ1) is 19.3. The van der Waals surface area contributed by atoms with E-state index in [0.717, 1.165) is 34.6 Å². The molecule has 10 heteroatoms. The largest absolute Gasteiger partial charge is 0.354 e. The smallest absolute Gasteiger partial charge is 0.270 e. The Bertz CT molecular complexity index is 1550. The molecular weight excluding hydrogens is 549 g/mol. The molecule has 0 radical (unpaired) electrons. The van der Waals surface area contributed by atoms with Crippen molar-refractivity contribution in [2.24, 2.45) is 0 Å². The molecule has 4 aromatic rings. The van der Waals surface area contributed by atoms with Crippen LogP contribution in [0.5, 0.6) is 0 Å². The monoisotopic (exact) mass is 575 g/mol. The highest BCUT2D eigenvalue weighted by molar-refractivity contribution is 6.34. The van der Waals surface area contributed by atoms with Gasteiger partial charge in [-0.25, -0.2) is 9.97 Å². The summed E-state index contributed by atoms with van der Waals surface area (Å²) in [5.41, 5.74) is 4.07. The van der Waals surface area contributed by atoms with Gasteiger partial charge in [-0.15, -0.1) is 0 Å². The molecule has 8 nitrogen and oxygen atoms in total. The van der Waals surface area contributed by atoms with Gasteiger partial charge in [0.2, 0.25) is 0 Å². The summed E-state index contributed by atoms with van der Waals surface area (Å²) in [4.78, 5) is 37.8. The lowest BCUT2D eigenvalue weighted by molar-refractivity contribution is -0.384. The average molecular weight is 576 g/mol. The van der Waals surface area contributed by atoms with Gasteiger partial charge in [0.25, 0.3) is 11.6 Å². The standard InChI is InChI=1S/C30H27Cl2N5O3/c1-20-26(18-21-8-10-23(31)11-9-21)29(34-28(33-20)22-6-3-2-4-7-22)35-14-5-15-36(17-16-35)30(38)25-13-12-24(37(39)40)19-27(25)32/h2-4,6-13,19H,5,14-18H2,1H3. The van der Waals surface area contributed by atoms with Crippen molar-refractivity contribution < 1.29 is 9.72 Å². The van der Waals surface area contributed by atoms with Crippen LogP contribution in [0.25, 0.3) is 11.4 Å². The number of carbonyl (C=O) groups is 1. The minimum atomic E-state index is -0.529. The summed E-state index contributed by atoms with van der Waals surface area (Å²) >= 11 is 12.4. The van der Waals surface area contributed by atoms with Crippen LogP contribution in [0.3, 0.4) is 0 Å². The normalized spacial score (nSPS) is 13.7. The molecule has 1 amide bonds. The first-order valence-electron chi connectivity index (χ1n) is 13.0. The molecule has 0 unspecified atom stereocenters. The van der Waals surface area contributed by atoms with E-state index in [1.807, 2.05) is 61.5 Å². The first kappa shape index (κ1) is 27.6.